The van der Waals surface area contributed by atoms with Gasteiger partial charge < -0.3 is 14.6 Å². The summed E-state index contributed by atoms with van der Waals surface area (Å²) in [4.78, 5) is 25.3. The SMILES string of the molecule is COC(=O)c1ccc([C@H]2C[C@@H](O)CN2C(=O)OC(C)(C)C)cc1. The van der Waals surface area contributed by atoms with Gasteiger partial charge in [0.1, 0.15) is 5.60 Å². The fourth-order valence-corrected chi connectivity index (χ4v) is 2.61. The molecule has 0 aliphatic carbocycles. The summed E-state index contributed by atoms with van der Waals surface area (Å²) in [5, 5.41) is 9.94. The second-order valence-electron chi connectivity index (χ2n) is 6.65. The fraction of sp³-hybridized carbons (Fsp3) is 0.529. The fourth-order valence-electron chi connectivity index (χ4n) is 2.61. The number of likely N-dealkylation sites (tertiary alicyclic amines) is 1. The van der Waals surface area contributed by atoms with E-state index in [0.717, 1.165) is 5.56 Å². The quantitative estimate of drug-likeness (QED) is 0.847. The average Bonchev–Trinajstić information content (AvgIpc) is 2.87. The van der Waals surface area contributed by atoms with Gasteiger partial charge in [-0.3, -0.25) is 4.90 Å². The summed E-state index contributed by atoms with van der Waals surface area (Å²) >= 11 is 0. The highest BCUT2D eigenvalue weighted by molar-refractivity contribution is 5.89. The topological polar surface area (TPSA) is 76.1 Å². The molecule has 1 heterocycles. The van der Waals surface area contributed by atoms with Crippen molar-refractivity contribution in [2.24, 2.45) is 0 Å². The van der Waals surface area contributed by atoms with Crippen LogP contribution in [0.4, 0.5) is 4.79 Å². The van der Waals surface area contributed by atoms with Gasteiger partial charge in [0.25, 0.3) is 0 Å². The number of methoxy groups -OCH3 is 1. The highest BCUT2D eigenvalue weighted by Gasteiger charge is 2.37. The number of β-amino-alcohol motifs (C(OH)–C–C–N with tert-alkyl or cyclic N) is 1. The largest absolute Gasteiger partial charge is 0.465 e. The predicted molar refractivity (Wildman–Crippen MR) is 84.1 cm³/mol. The summed E-state index contributed by atoms with van der Waals surface area (Å²) in [6.45, 7) is 5.64. The third kappa shape index (κ3) is 4.22. The van der Waals surface area contributed by atoms with Crippen LogP contribution in [0.2, 0.25) is 0 Å². The van der Waals surface area contributed by atoms with Crippen LogP contribution in [0.3, 0.4) is 0 Å². The monoisotopic (exact) mass is 321 g/mol. The number of hydrogen-bond acceptors (Lipinski definition) is 5. The predicted octanol–water partition coefficient (Wildman–Crippen LogP) is 2.52. The van der Waals surface area contributed by atoms with E-state index in [9.17, 15) is 14.7 Å². The number of ether oxygens (including phenoxy) is 2. The van der Waals surface area contributed by atoms with Crippen molar-refractivity contribution >= 4 is 12.1 Å². The third-order valence-corrected chi connectivity index (χ3v) is 3.62. The molecular formula is C17H23NO5. The van der Waals surface area contributed by atoms with E-state index in [1.165, 1.54) is 12.0 Å². The van der Waals surface area contributed by atoms with E-state index in [1.807, 2.05) is 0 Å². The van der Waals surface area contributed by atoms with Crippen molar-refractivity contribution < 1.29 is 24.2 Å². The van der Waals surface area contributed by atoms with Crippen LogP contribution in [-0.4, -0.2) is 47.4 Å². The minimum Gasteiger partial charge on any atom is -0.465 e. The first-order valence-electron chi connectivity index (χ1n) is 7.57. The first-order valence-corrected chi connectivity index (χ1v) is 7.57. The van der Waals surface area contributed by atoms with Gasteiger partial charge in [-0.05, 0) is 44.9 Å². The summed E-state index contributed by atoms with van der Waals surface area (Å²) in [5.74, 6) is -0.410. The van der Waals surface area contributed by atoms with Crippen LogP contribution in [0.1, 0.15) is 49.2 Å². The van der Waals surface area contributed by atoms with E-state index in [-0.39, 0.29) is 12.6 Å². The van der Waals surface area contributed by atoms with Crippen LogP contribution in [-0.2, 0) is 9.47 Å². The second kappa shape index (κ2) is 6.58. The Bertz CT molecular complexity index is 576. The average molecular weight is 321 g/mol. The molecule has 0 spiro atoms. The molecular weight excluding hydrogens is 298 g/mol. The van der Waals surface area contributed by atoms with Crippen molar-refractivity contribution in [3.05, 3.63) is 35.4 Å². The number of aliphatic hydroxyl groups is 1. The van der Waals surface area contributed by atoms with Crippen LogP contribution in [0.25, 0.3) is 0 Å². The summed E-state index contributed by atoms with van der Waals surface area (Å²) in [7, 11) is 1.33. The Hall–Kier alpha value is -2.08. The Morgan fingerprint density at radius 3 is 2.35 bits per heavy atom. The van der Waals surface area contributed by atoms with E-state index in [1.54, 1.807) is 45.0 Å². The molecule has 1 aliphatic heterocycles. The first-order chi connectivity index (χ1) is 10.7. The van der Waals surface area contributed by atoms with Crippen LogP contribution in [0.15, 0.2) is 24.3 Å². The smallest absolute Gasteiger partial charge is 0.410 e. The molecule has 126 valence electrons. The molecule has 6 nitrogen and oxygen atoms in total. The number of aliphatic hydroxyl groups excluding tert-OH is 1. The summed E-state index contributed by atoms with van der Waals surface area (Å²) < 4.78 is 10.1. The van der Waals surface area contributed by atoms with Crippen LogP contribution in [0.5, 0.6) is 0 Å². The van der Waals surface area contributed by atoms with Crippen LogP contribution < -0.4 is 0 Å². The molecule has 0 aromatic heterocycles. The van der Waals surface area contributed by atoms with Crippen molar-refractivity contribution in [3.63, 3.8) is 0 Å². The Balaban J connectivity index is 2.19. The molecule has 23 heavy (non-hydrogen) atoms. The molecule has 0 saturated carbocycles. The molecule has 1 fully saturated rings. The molecule has 2 atom stereocenters. The lowest BCUT2D eigenvalue weighted by molar-refractivity contribution is 0.0206. The van der Waals surface area contributed by atoms with Crippen molar-refractivity contribution in [1.29, 1.82) is 0 Å². The van der Waals surface area contributed by atoms with Crippen molar-refractivity contribution in [2.45, 2.75) is 44.9 Å². The summed E-state index contributed by atoms with van der Waals surface area (Å²) in [6, 6.07) is 6.57. The van der Waals surface area contributed by atoms with Gasteiger partial charge in [-0.2, -0.15) is 0 Å². The summed E-state index contributed by atoms with van der Waals surface area (Å²) in [6.07, 6.45) is -0.597. The normalized spacial score (nSPS) is 21.2. The van der Waals surface area contributed by atoms with E-state index in [4.69, 9.17) is 4.74 Å². The molecule has 1 aromatic rings. The van der Waals surface area contributed by atoms with Gasteiger partial charge >= 0.3 is 12.1 Å². The highest BCUT2D eigenvalue weighted by Crippen LogP contribution is 2.33. The lowest BCUT2D eigenvalue weighted by Gasteiger charge is -2.28. The van der Waals surface area contributed by atoms with Gasteiger partial charge in [-0.15, -0.1) is 0 Å². The van der Waals surface area contributed by atoms with Crippen molar-refractivity contribution in [2.75, 3.05) is 13.7 Å². The van der Waals surface area contributed by atoms with Gasteiger partial charge in [0.2, 0.25) is 0 Å². The Labute approximate surface area is 136 Å². The maximum absolute atomic E-state index is 12.3. The Morgan fingerprint density at radius 2 is 1.83 bits per heavy atom. The maximum Gasteiger partial charge on any atom is 0.410 e. The lowest BCUT2D eigenvalue weighted by Crippen LogP contribution is -2.37. The van der Waals surface area contributed by atoms with Gasteiger partial charge in [0.15, 0.2) is 0 Å². The van der Waals surface area contributed by atoms with Crippen molar-refractivity contribution in [1.82, 2.24) is 4.90 Å². The first kappa shape index (κ1) is 17.3. The molecule has 1 aromatic carbocycles. The van der Waals surface area contributed by atoms with E-state index < -0.39 is 23.8 Å². The molecule has 1 saturated heterocycles. The van der Waals surface area contributed by atoms with Gasteiger partial charge in [-0.1, -0.05) is 12.1 Å². The molecule has 1 amide bonds. The van der Waals surface area contributed by atoms with E-state index in [2.05, 4.69) is 4.74 Å². The molecule has 0 radical (unpaired) electrons. The minimum absolute atomic E-state index is 0.234. The minimum atomic E-state index is -0.593. The molecule has 1 aliphatic rings. The van der Waals surface area contributed by atoms with E-state index >= 15 is 0 Å². The van der Waals surface area contributed by atoms with E-state index in [0.29, 0.717) is 12.0 Å². The summed E-state index contributed by atoms with van der Waals surface area (Å²) in [5.41, 5.74) is 0.697. The van der Waals surface area contributed by atoms with Crippen molar-refractivity contribution in [3.8, 4) is 0 Å². The standard InChI is InChI=1S/C17H23NO5/c1-17(2,3)23-16(21)18-10-13(19)9-14(18)11-5-7-12(8-6-11)15(20)22-4/h5-8,13-14,19H,9-10H2,1-4H3/t13-,14-/m1/s1. The lowest BCUT2D eigenvalue weighted by atomic mass is 10.0. The van der Waals surface area contributed by atoms with Gasteiger partial charge in [-0.25, -0.2) is 9.59 Å². The van der Waals surface area contributed by atoms with Crippen LogP contribution >= 0.6 is 0 Å². The zero-order chi connectivity index (χ0) is 17.2. The number of rotatable bonds is 2. The molecule has 2 rings (SSSR count). The third-order valence-electron chi connectivity index (χ3n) is 3.62. The Kier molecular flexibility index (Phi) is 4.94. The number of hydrogen-bond donors (Lipinski definition) is 1. The molecule has 1 N–H and O–H groups in total. The number of benzene rings is 1. The number of amides is 1. The molecule has 6 heteroatoms. The molecule has 0 unspecified atom stereocenters. The van der Waals surface area contributed by atoms with Crippen LogP contribution in [0, 0.1) is 0 Å². The zero-order valence-electron chi connectivity index (χ0n) is 13.9. The van der Waals surface area contributed by atoms with Gasteiger partial charge in [0, 0.05) is 0 Å². The highest BCUT2D eigenvalue weighted by atomic mass is 16.6. The Morgan fingerprint density at radius 1 is 1.22 bits per heavy atom. The maximum atomic E-state index is 12.3. The van der Waals surface area contributed by atoms with Gasteiger partial charge in [0.05, 0.1) is 31.4 Å². The number of esters is 1. The number of carbonyl (C=O) groups is 2. The number of nitrogens with zero attached hydrogens (tertiary/aromatic N) is 1. The number of carbonyl (C=O) groups excluding carboxylic acids is 2. The zero-order valence-corrected chi connectivity index (χ0v) is 13.9. The second-order valence-corrected chi connectivity index (χ2v) is 6.65. The molecule has 0 bridgehead atoms.